The minimum Gasteiger partial charge on any atom is -0.456 e. The maximum absolute atomic E-state index is 13.5. The van der Waals surface area contributed by atoms with Crippen molar-refractivity contribution < 1.29 is 13.5 Å². The average Bonchev–Trinajstić information content (AvgIpc) is 2.84. The highest BCUT2D eigenvalue weighted by Gasteiger charge is 2.25. The number of furan rings is 1. The van der Waals surface area contributed by atoms with Crippen LogP contribution in [0.2, 0.25) is 0 Å². The summed E-state index contributed by atoms with van der Waals surface area (Å²) in [6.07, 6.45) is 3.11. The highest BCUT2D eigenvalue weighted by atomic mass is 19.1. The van der Waals surface area contributed by atoms with Crippen LogP contribution >= 0.6 is 0 Å². The molecule has 0 aliphatic carbocycles. The molecule has 2 heterocycles. The molecule has 18 heavy (non-hydrogen) atoms. The van der Waals surface area contributed by atoms with Gasteiger partial charge in [-0.15, -0.1) is 0 Å². The number of benzene rings is 1. The van der Waals surface area contributed by atoms with Gasteiger partial charge in [-0.05, 0) is 31.4 Å². The lowest BCUT2D eigenvalue weighted by atomic mass is 10.0. The van der Waals surface area contributed by atoms with E-state index in [1.165, 1.54) is 6.07 Å². The Morgan fingerprint density at radius 3 is 2.94 bits per heavy atom. The van der Waals surface area contributed by atoms with Crippen molar-refractivity contribution in [3.8, 4) is 0 Å². The van der Waals surface area contributed by atoms with Crippen molar-refractivity contribution in [1.82, 2.24) is 0 Å². The standard InChI is InChI=1S/C14H16FNO2/c15-10-5-3-4-9-8-12(18-14(9)10)13(16)11-6-1-2-7-17-11/h3-5,8,11,13H,1-2,6-7,16H2. The number of para-hydroxylation sites is 1. The second-order valence-electron chi connectivity index (χ2n) is 4.74. The van der Waals surface area contributed by atoms with Gasteiger partial charge in [0, 0.05) is 12.0 Å². The average molecular weight is 249 g/mol. The van der Waals surface area contributed by atoms with Gasteiger partial charge in [0.05, 0.1) is 12.1 Å². The SMILES string of the molecule is NC(c1cc2cccc(F)c2o1)C1CCCCO1. The number of nitrogens with two attached hydrogens (primary N) is 1. The van der Waals surface area contributed by atoms with Crippen molar-refractivity contribution in [3.63, 3.8) is 0 Å². The largest absolute Gasteiger partial charge is 0.456 e. The number of fused-ring (bicyclic) bond motifs is 1. The van der Waals surface area contributed by atoms with Gasteiger partial charge in [0.25, 0.3) is 0 Å². The number of halogens is 1. The van der Waals surface area contributed by atoms with Gasteiger partial charge in [-0.25, -0.2) is 4.39 Å². The molecule has 0 radical (unpaired) electrons. The second-order valence-corrected chi connectivity index (χ2v) is 4.74. The van der Waals surface area contributed by atoms with Gasteiger partial charge in [-0.2, -0.15) is 0 Å². The Bertz CT molecular complexity index is 546. The molecule has 1 aliphatic rings. The Morgan fingerprint density at radius 1 is 1.33 bits per heavy atom. The lowest BCUT2D eigenvalue weighted by Gasteiger charge is -2.26. The number of hydrogen-bond acceptors (Lipinski definition) is 3. The van der Waals surface area contributed by atoms with Crippen LogP contribution < -0.4 is 5.73 Å². The zero-order valence-electron chi connectivity index (χ0n) is 10.1. The van der Waals surface area contributed by atoms with Gasteiger partial charge in [-0.1, -0.05) is 12.1 Å². The van der Waals surface area contributed by atoms with Crippen LogP contribution in [0.5, 0.6) is 0 Å². The van der Waals surface area contributed by atoms with Crippen LogP contribution in [0.3, 0.4) is 0 Å². The maximum atomic E-state index is 13.5. The number of hydrogen-bond donors (Lipinski definition) is 1. The van der Waals surface area contributed by atoms with Gasteiger partial charge in [0.1, 0.15) is 5.76 Å². The summed E-state index contributed by atoms with van der Waals surface area (Å²) in [6, 6.07) is 6.36. The van der Waals surface area contributed by atoms with Gasteiger partial charge in [-0.3, -0.25) is 0 Å². The third-order valence-electron chi connectivity index (χ3n) is 3.46. The van der Waals surface area contributed by atoms with Crippen LogP contribution in [0.1, 0.15) is 31.1 Å². The first kappa shape index (κ1) is 11.7. The van der Waals surface area contributed by atoms with Crippen LogP contribution in [0, 0.1) is 5.82 Å². The van der Waals surface area contributed by atoms with E-state index in [1.807, 2.05) is 6.07 Å². The van der Waals surface area contributed by atoms with Gasteiger partial charge < -0.3 is 14.9 Å². The molecule has 3 rings (SSSR count). The van der Waals surface area contributed by atoms with E-state index in [0.717, 1.165) is 31.3 Å². The van der Waals surface area contributed by atoms with Crippen LogP contribution in [0.25, 0.3) is 11.0 Å². The van der Waals surface area contributed by atoms with Crippen LogP contribution in [0.4, 0.5) is 4.39 Å². The monoisotopic (exact) mass is 249 g/mol. The Kier molecular flexibility index (Phi) is 3.06. The quantitative estimate of drug-likeness (QED) is 0.889. The topological polar surface area (TPSA) is 48.4 Å². The van der Waals surface area contributed by atoms with Crippen molar-refractivity contribution in [2.75, 3.05) is 6.61 Å². The van der Waals surface area contributed by atoms with E-state index in [1.54, 1.807) is 12.1 Å². The highest BCUT2D eigenvalue weighted by Crippen LogP contribution is 2.30. The molecule has 3 nitrogen and oxygen atoms in total. The lowest BCUT2D eigenvalue weighted by molar-refractivity contribution is -0.00364. The summed E-state index contributed by atoms with van der Waals surface area (Å²) in [5.74, 6) is 0.248. The van der Waals surface area contributed by atoms with Gasteiger partial charge in [0.15, 0.2) is 11.4 Å². The fourth-order valence-electron chi connectivity index (χ4n) is 2.44. The fraction of sp³-hybridized carbons (Fsp3) is 0.429. The highest BCUT2D eigenvalue weighted by molar-refractivity contribution is 5.78. The Balaban J connectivity index is 1.91. The summed E-state index contributed by atoms with van der Waals surface area (Å²) in [6.45, 7) is 0.743. The minimum absolute atomic E-state index is 0.0256. The molecule has 2 atom stereocenters. The molecule has 1 saturated heterocycles. The summed E-state index contributed by atoms with van der Waals surface area (Å²) in [5, 5.41) is 0.747. The summed E-state index contributed by atoms with van der Waals surface area (Å²) >= 11 is 0. The van der Waals surface area contributed by atoms with Crippen LogP contribution in [-0.2, 0) is 4.74 Å². The van der Waals surface area contributed by atoms with Crippen molar-refractivity contribution in [2.24, 2.45) is 5.73 Å². The first-order valence-corrected chi connectivity index (χ1v) is 6.31. The van der Waals surface area contributed by atoms with E-state index < -0.39 is 0 Å². The van der Waals surface area contributed by atoms with Crippen LogP contribution in [0.15, 0.2) is 28.7 Å². The van der Waals surface area contributed by atoms with E-state index in [9.17, 15) is 4.39 Å². The first-order chi connectivity index (χ1) is 8.75. The molecule has 1 aliphatic heterocycles. The molecule has 1 aromatic carbocycles. The predicted octanol–water partition coefficient (Wildman–Crippen LogP) is 3.14. The normalized spacial score (nSPS) is 22.2. The van der Waals surface area contributed by atoms with Crippen molar-refractivity contribution in [1.29, 1.82) is 0 Å². The third kappa shape index (κ3) is 2.02. The summed E-state index contributed by atoms with van der Waals surface area (Å²) < 4.78 is 24.7. The van der Waals surface area contributed by atoms with E-state index in [4.69, 9.17) is 14.9 Å². The molecule has 0 amide bonds. The summed E-state index contributed by atoms with van der Waals surface area (Å²) in [7, 11) is 0. The second kappa shape index (κ2) is 4.71. The first-order valence-electron chi connectivity index (χ1n) is 6.31. The zero-order valence-corrected chi connectivity index (χ0v) is 10.1. The number of ether oxygens (including phenoxy) is 1. The lowest BCUT2D eigenvalue weighted by Crippen LogP contribution is -2.31. The molecule has 4 heteroatoms. The van der Waals surface area contributed by atoms with Crippen molar-refractivity contribution >= 4 is 11.0 Å². The molecular weight excluding hydrogens is 233 g/mol. The van der Waals surface area contributed by atoms with Crippen LogP contribution in [-0.4, -0.2) is 12.7 Å². The van der Waals surface area contributed by atoms with E-state index >= 15 is 0 Å². The molecule has 2 N–H and O–H groups in total. The minimum atomic E-state index is -0.351. The van der Waals surface area contributed by atoms with E-state index in [2.05, 4.69) is 0 Å². The molecule has 2 aromatic rings. The zero-order chi connectivity index (χ0) is 12.5. The summed E-state index contributed by atoms with van der Waals surface area (Å²) in [4.78, 5) is 0. The molecule has 1 aromatic heterocycles. The molecule has 0 bridgehead atoms. The van der Waals surface area contributed by atoms with Gasteiger partial charge >= 0.3 is 0 Å². The van der Waals surface area contributed by atoms with E-state index in [0.29, 0.717) is 5.76 Å². The van der Waals surface area contributed by atoms with E-state index in [-0.39, 0.29) is 23.5 Å². The summed E-state index contributed by atoms with van der Waals surface area (Å²) in [5.41, 5.74) is 6.42. The molecule has 1 fully saturated rings. The van der Waals surface area contributed by atoms with Crippen molar-refractivity contribution in [2.45, 2.75) is 31.4 Å². The Hall–Kier alpha value is -1.39. The third-order valence-corrected chi connectivity index (χ3v) is 3.46. The number of rotatable bonds is 2. The molecule has 0 spiro atoms. The predicted molar refractivity (Wildman–Crippen MR) is 66.7 cm³/mol. The Labute approximate surface area is 105 Å². The fourth-order valence-corrected chi connectivity index (χ4v) is 2.44. The maximum Gasteiger partial charge on any atom is 0.169 e. The molecule has 2 unspecified atom stereocenters. The molecule has 96 valence electrons. The van der Waals surface area contributed by atoms with Crippen molar-refractivity contribution in [3.05, 3.63) is 35.8 Å². The smallest absolute Gasteiger partial charge is 0.169 e. The van der Waals surface area contributed by atoms with Gasteiger partial charge in [0.2, 0.25) is 0 Å². The molecular formula is C14H16FNO2. The molecule has 0 saturated carbocycles. The Morgan fingerprint density at radius 2 is 2.22 bits per heavy atom.